The van der Waals surface area contributed by atoms with Gasteiger partial charge in [-0.05, 0) is 36.9 Å². The maximum Gasteiger partial charge on any atom is 0.106 e. The number of hydrogen-bond acceptors (Lipinski definition) is 2. The first-order chi connectivity index (χ1) is 8.92. The maximum absolute atomic E-state index is 4.23. The molecule has 3 rings (SSSR count). The van der Waals surface area contributed by atoms with Crippen molar-refractivity contribution < 1.29 is 0 Å². The fourth-order valence-corrected chi connectivity index (χ4v) is 2.70. The van der Waals surface area contributed by atoms with Crippen LogP contribution in [-0.4, -0.2) is 22.6 Å². The van der Waals surface area contributed by atoms with Gasteiger partial charge in [0.1, 0.15) is 5.82 Å². The van der Waals surface area contributed by atoms with Crippen LogP contribution in [0, 0.1) is 0 Å². The molecule has 0 bridgehead atoms. The van der Waals surface area contributed by atoms with Crippen molar-refractivity contribution in [3.8, 4) is 0 Å². The Balaban J connectivity index is 1.41. The van der Waals surface area contributed by atoms with Crippen LogP contribution in [0.15, 0.2) is 36.7 Å². The largest absolute Gasteiger partial charge is 0.349 e. The number of imidazole rings is 1. The summed E-state index contributed by atoms with van der Waals surface area (Å²) in [6.45, 7) is 1.07. The van der Waals surface area contributed by atoms with E-state index in [1.54, 1.807) is 0 Å². The van der Waals surface area contributed by atoms with Gasteiger partial charge in [-0.3, -0.25) is 0 Å². The van der Waals surface area contributed by atoms with Crippen molar-refractivity contribution in [2.75, 3.05) is 6.54 Å². The van der Waals surface area contributed by atoms with E-state index in [2.05, 4.69) is 39.6 Å². The summed E-state index contributed by atoms with van der Waals surface area (Å²) in [6, 6.07) is 9.40. The summed E-state index contributed by atoms with van der Waals surface area (Å²) in [6.07, 6.45) is 8.22. The standard InChI is InChI=1S/C15H19N3/c1-2-5-13-11-14(10-12(13)4-1)16-7-3-6-15-17-8-9-18-15/h1-2,4-5,8-9,14,16H,3,6-7,10-11H2,(H,17,18). The molecule has 0 radical (unpaired) electrons. The molecule has 94 valence electrons. The summed E-state index contributed by atoms with van der Waals surface area (Å²) in [5, 5.41) is 3.65. The SMILES string of the molecule is c1ccc2c(c1)CC(NCCCc1ncc[nH]1)C2. The minimum absolute atomic E-state index is 0.624. The van der Waals surface area contributed by atoms with Gasteiger partial charge in [-0.1, -0.05) is 24.3 Å². The molecule has 1 aliphatic rings. The summed E-state index contributed by atoms with van der Waals surface area (Å²) in [5.74, 6) is 1.09. The molecule has 1 heterocycles. The van der Waals surface area contributed by atoms with Gasteiger partial charge in [0, 0.05) is 24.9 Å². The predicted octanol–water partition coefficient (Wildman–Crippen LogP) is 2.10. The van der Waals surface area contributed by atoms with Gasteiger partial charge in [0.2, 0.25) is 0 Å². The maximum atomic E-state index is 4.23. The van der Waals surface area contributed by atoms with Gasteiger partial charge in [0.15, 0.2) is 0 Å². The lowest BCUT2D eigenvalue weighted by molar-refractivity contribution is 0.520. The Morgan fingerprint density at radius 3 is 2.67 bits per heavy atom. The number of rotatable bonds is 5. The van der Waals surface area contributed by atoms with E-state index in [4.69, 9.17) is 0 Å². The lowest BCUT2D eigenvalue weighted by Gasteiger charge is -2.11. The number of fused-ring (bicyclic) bond motifs is 1. The minimum Gasteiger partial charge on any atom is -0.349 e. The number of nitrogens with one attached hydrogen (secondary N) is 2. The molecular formula is C15H19N3. The monoisotopic (exact) mass is 241 g/mol. The van der Waals surface area contributed by atoms with Crippen LogP contribution in [0.25, 0.3) is 0 Å². The minimum atomic E-state index is 0.624. The van der Waals surface area contributed by atoms with Crippen molar-refractivity contribution in [2.45, 2.75) is 31.7 Å². The first kappa shape index (κ1) is 11.5. The van der Waals surface area contributed by atoms with E-state index in [1.165, 1.54) is 24.0 Å². The lowest BCUT2D eigenvalue weighted by Crippen LogP contribution is -2.30. The summed E-state index contributed by atoms with van der Waals surface area (Å²) in [5.41, 5.74) is 3.03. The predicted molar refractivity (Wildman–Crippen MR) is 72.5 cm³/mol. The Morgan fingerprint density at radius 2 is 2.00 bits per heavy atom. The lowest BCUT2D eigenvalue weighted by atomic mass is 10.1. The van der Waals surface area contributed by atoms with Crippen LogP contribution in [0.4, 0.5) is 0 Å². The molecule has 0 amide bonds. The molecular weight excluding hydrogens is 222 g/mol. The zero-order chi connectivity index (χ0) is 12.2. The normalized spacial score (nSPS) is 14.9. The molecule has 3 heteroatoms. The fourth-order valence-electron chi connectivity index (χ4n) is 2.70. The summed E-state index contributed by atoms with van der Waals surface area (Å²) in [4.78, 5) is 7.38. The molecule has 2 N–H and O–H groups in total. The molecule has 1 aromatic heterocycles. The summed E-state index contributed by atoms with van der Waals surface area (Å²) in [7, 11) is 0. The molecule has 1 aliphatic carbocycles. The van der Waals surface area contributed by atoms with Gasteiger partial charge >= 0.3 is 0 Å². The number of benzene rings is 1. The zero-order valence-electron chi connectivity index (χ0n) is 10.5. The first-order valence-corrected chi connectivity index (χ1v) is 6.70. The second-order valence-electron chi connectivity index (χ2n) is 4.97. The number of aromatic amines is 1. The van der Waals surface area contributed by atoms with E-state index in [-0.39, 0.29) is 0 Å². The third kappa shape index (κ3) is 2.62. The van der Waals surface area contributed by atoms with E-state index >= 15 is 0 Å². The molecule has 18 heavy (non-hydrogen) atoms. The highest BCUT2D eigenvalue weighted by atomic mass is 14.9. The number of aryl methyl sites for hydroxylation is 1. The number of hydrogen-bond donors (Lipinski definition) is 2. The number of H-pyrrole nitrogens is 1. The van der Waals surface area contributed by atoms with E-state index < -0.39 is 0 Å². The average molecular weight is 241 g/mol. The van der Waals surface area contributed by atoms with Crippen LogP contribution in [0.5, 0.6) is 0 Å². The van der Waals surface area contributed by atoms with E-state index in [1.807, 2.05) is 12.4 Å². The van der Waals surface area contributed by atoms with Gasteiger partial charge < -0.3 is 10.3 Å². The molecule has 0 atom stereocenters. The molecule has 3 nitrogen and oxygen atoms in total. The van der Waals surface area contributed by atoms with Crippen LogP contribution in [0.2, 0.25) is 0 Å². The number of nitrogens with zero attached hydrogens (tertiary/aromatic N) is 1. The van der Waals surface area contributed by atoms with Crippen molar-refractivity contribution in [3.63, 3.8) is 0 Å². The van der Waals surface area contributed by atoms with Gasteiger partial charge in [-0.25, -0.2) is 4.98 Å². The molecule has 0 fully saturated rings. The van der Waals surface area contributed by atoms with Crippen LogP contribution in [-0.2, 0) is 19.3 Å². The number of aromatic nitrogens is 2. The van der Waals surface area contributed by atoms with Gasteiger partial charge in [-0.2, -0.15) is 0 Å². The highest BCUT2D eigenvalue weighted by Gasteiger charge is 2.19. The first-order valence-electron chi connectivity index (χ1n) is 6.70. The molecule has 0 unspecified atom stereocenters. The smallest absolute Gasteiger partial charge is 0.106 e. The zero-order valence-corrected chi connectivity index (χ0v) is 10.5. The van der Waals surface area contributed by atoms with E-state index in [0.29, 0.717) is 6.04 Å². The Labute approximate surface area is 108 Å². The van der Waals surface area contributed by atoms with Crippen molar-refractivity contribution in [3.05, 3.63) is 53.6 Å². The third-order valence-electron chi connectivity index (χ3n) is 3.63. The van der Waals surface area contributed by atoms with E-state index in [9.17, 15) is 0 Å². The quantitative estimate of drug-likeness (QED) is 0.787. The second-order valence-corrected chi connectivity index (χ2v) is 4.97. The molecule has 2 aromatic rings. The van der Waals surface area contributed by atoms with Gasteiger partial charge in [0.25, 0.3) is 0 Å². The average Bonchev–Trinajstić information content (AvgIpc) is 3.03. The van der Waals surface area contributed by atoms with Crippen molar-refractivity contribution in [1.82, 2.24) is 15.3 Å². The van der Waals surface area contributed by atoms with Crippen molar-refractivity contribution in [1.29, 1.82) is 0 Å². The van der Waals surface area contributed by atoms with E-state index in [0.717, 1.165) is 25.2 Å². The van der Waals surface area contributed by atoms with Crippen LogP contribution in [0.3, 0.4) is 0 Å². The highest BCUT2D eigenvalue weighted by molar-refractivity contribution is 5.33. The van der Waals surface area contributed by atoms with Crippen LogP contribution >= 0.6 is 0 Å². The van der Waals surface area contributed by atoms with Crippen LogP contribution in [0.1, 0.15) is 23.4 Å². The summed E-state index contributed by atoms with van der Waals surface area (Å²) < 4.78 is 0. The molecule has 0 spiro atoms. The summed E-state index contributed by atoms with van der Waals surface area (Å²) >= 11 is 0. The third-order valence-corrected chi connectivity index (χ3v) is 3.63. The van der Waals surface area contributed by atoms with Crippen molar-refractivity contribution in [2.24, 2.45) is 0 Å². The second kappa shape index (κ2) is 5.36. The Hall–Kier alpha value is -1.61. The molecule has 0 aliphatic heterocycles. The Bertz CT molecular complexity index is 465. The van der Waals surface area contributed by atoms with Gasteiger partial charge in [0.05, 0.1) is 0 Å². The fraction of sp³-hybridized carbons (Fsp3) is 0.400. The molecule has 1 aromatic carbocycles. The molecule has 0 saturated carbocycles. The Kier molecular flexibility index (Phi) is 3.42. The topological polar surface area (TPSA) is 40.7 Å². The Morgan fingerprint density at radius 1 is 1.22 bits per heavy atom. The van der Waals surface area contributed by atoms with Crippen LogP contribution < -0.4 is 5.32 Å². The highest BCUT2D eigenvalue weighted by Crippen LogP contribution is 2.21. The molecule has 0 saturated heterocycles. The van der Waals surface area contributed by atoms with Crippen molar-refractivity contribution >= 4 is 0 Å². The van der Waals surface area contributed by atoms with Gasteiger partial charge in [-0.15, -0.1) is 0 Å².